The highest BCUT2D eigenvalue weighted by molar-refractivity contribution is 7.90. The Bertz CT molecular complexity index is 1880. The Hall–Kier alpha value is -4.58. The van der Waals surface area contributed by atoms with Crippen molar-refractivity contribution in [3.05, 3.63) is 47.8 Å². The van der Waals surface area contributed by atoms with E-state index >= 15 is 0 Å². The molecule has 2 saturated carbocycles. The summed E-state index contributed by atoms with van der Waals surface area (Å²) in [6.45, 7) is 10.1. The van der Waals surface area contributed by atoms with Crippen LogP contribution >= 0.6 is 0 Å². The van der Waals surface area contributed by atoms with Gasteiger partial charge < -0.3 is 14.4 Å². The Morgan fingerprint density at radius 2 is 1.87 bits per heavy atom. The fraction of sp³-hybridized carbons (Fsp3) is 0.579. The Morgan fingerprint density at radius 1 is 1.15 bits per heavy atom. The van der Waals surface area contributed by atoms with Gasteiger partial charge in [0.1, 0.15) is 17.5 Å². The van der Waals surface area contributed by atoms with E-state index in [1.54, 1.807) is 32.9 Å². The number of rotatable bonds is 14. The number of likely N-dealkylation sites (tertiary alicyclic amines) is 1. The number of nitrogens with zero attached hydrogens (tertiary/aromatic N) is 2. The molecule has 13 nitrogen and oxygen atoms in total. The number of fused-ring (bicyclic) bond motifs is 1. The van der Waals surface area contributed by atoms with Crippen molar-refractivity contribution in [3.63, 3.8) is 0 Å². The van der Waals surface area contributed by atoms with Crippen LogP contribution in [0.2, 0.25) is 0 Å². The fourth-order valence-corrected chi connectivity index (χ4v) is 8.49. The molecule has 0 radical (unpaired) electrons. The normalized spacial score (nSPS) is 23.9. The van der Waals surface area contributed by atoms with Crippen molar-refractivity contribution in [1.29, 1.82) is 0 Å². The maximum atomic E-state index is 14.4. The van der Waals surface area contributed by atoms with E-state index in [0.717, 1.165) is 0 Å². The fourth-order valence-electron chi connectivity index (χ4n) is 7.11. The summed E-state index contributed by atoms with van der Waals surface area (Å²) < 4.78 is 53.2. The van der Waals surface area contributed by atoms with Gasteiger partial charge in [-0.1, -0.05) is 24.1 Å². The highest BCUT2D eigenvalue weighted by Gasteiger charge is 2.61. The number of hydrogen-bond donors (Lipinski definition) is 1. The summed E-state index contributed by atoms with van der Waals surface area (Å²) in [5, 5.41) is -0.671. The monoisotopic (exact) mass is 755 g/mol. The lowest BCUT2D eigenvalue weighted by Crippen LogP contribution is -2.46. The molecule has 0 aromatic heterocycles. The summed E-state index contributed by atoms with van der Waals surface area (Å²) in [6.07, 6.45) is -0.499. The molecule has 3 fully saturated rings. The Kier molecular flexibility index (Phi) is 11.5. The van der Waals surface area contributed by atoms with Crippen molar-refractivity contribution in [2.24, 2.45) is 17.3 Å². The van der Waals surface area contributed by atoms with Gasteiger partial charge >= 0.3 is 12.1 Å². The molecule has 1 aromatic rings. The van der Waals surface area contributed by atoms with Gasteiger partial charge in [-0.25, -0.2) is 17.6 Å². The van der Waals surface area contributed by atoms with Crippen molar-refractivity contribution in [1.82, 2.24) is 14.5 Å². The second-order valence-corrected chi connectivity index (χ2v) is 17.3. The molecular weight excluding hydrogens is 709 g/mol. The highest BCUT2D eigenvalue weighted by atomic mass is 32.2. The largest absolute Gasteiger partial charge is 0.460 e. The zero-order valence-electron chi connectivity index (χ0n) is 30.4. The van der Waals surface area contributed by atoms with Crippen LogP contribution in [-0.4, -0.2) is 83.2 Å². The van der Waals surface area contributed by atoms with Crippen LogP contribution in [0.15, 0.2) is 30.9 Å². The van der Waals surface area contributed by atoms with Crippen molar-refractivity contribution in [3.8, 4) is 11.8 Å². The third-order valence-corrected chi connectivity index (χ3v) is 11.9. The number of hydrogen-bond acceptors (Lipinski definition) is 10. The van der Waals surface area contributed by atoms with Gasteiger partial charge in [0.25, 0.3) is 0 Å². The molecule has 4 aliphatic rings. The highest BCUT2D eigenvalue weighted by Crippen LogP contribution is 2.57. The summed E-state index contributed by atoms with van der Waals surface area (Å²) >= 11 is 0. The van der Waals surface area contributed by atoms with Crippen LogP contribution < -0.4 is 4.72 Å². The molecule has 0 bridgehead atoms. The number of ether oxygens (including phenoxy) is 2. The van der Waals surface area contributed by atoms with E-state index in [1.807, 2.05) is 0 Å². The van der Waals surface area contributed by atoms with Crippen LogP contribution in [-0.2, 0) is 56.6 Å². The van der Waals surface area contributed by atoms with Gasteiger partial charge in [0.05, 0.1) is 36.2 Å². The Balaban J connectivity index is 1.39. The molecule has 1 aromatic carbocycles. The van der Waals surface area contributed by atoms with Crippen molar-refractivity contribution >= 4 is 45.5 Å². The maximum absolute atomic E-state index is 14.4. The molecule has 5 rings (SSSR count). The number of ketones is 2. The first-order valence-electron chi connectivity index (χ1n) is 17.8. The molecule has 15 heteroatoms. The smallest absolute Gasteiger partial charge is 0.410 e. The first-order chi connectivity index (χ1) is 24.9. The summed E-state index contributed by atoms with van der Waals surface area (Å²) in [6, 6.07) is 3.32. The molecular formula is C38H46FN3O10S. The lowest BCUT2D eigenvalue weighted by molar-refractivity contribution is -0.159. The summed E-state index contributed by atoms with van der Waals surface area (Å²) in [5.41, 5.74) is -1.29. The van der Waals surface area contributed by atoms with E-state index < -0.39 is 104 Å². The second kappa shape index (κ2) is 15.4. The van der Waals surface area contributed by atoms with Crippen LogP contribution in [0.4, 0.5) is 9.18 Å². The minimum atomic E-state index is -3.92. The number of esters is 1. The van der Waals surface area contributed by atoms with Crippen molar-refractivity contribution < 1.29 is 51.0 Å². The van der Waals surface area contributed by atoms with E-state index in [4.69, 9.17) is 9.47 Å². The van der Waals surface area contributed by atoms with E-state index in [0.29, 0.717) is 24.0 Å². The Labute approximate surface area is 309 Å². The number of carbonyl (C=O) groups excluding carboxylic acids is 6. The van der Waals surface area contributed by atoms with E-state index in [-0.39, 0.29) is 45.3 Å². The molecule has 286 valence electrons. The predicted molar refractivity (Wildman–Crippen MR) is 188 cm³/mol. The van der Waals surface area contributed by atoms with Crippen LogP contribution in [0.5, 0.6) is 0 Å². The minimum Gasteiger partial charge on any atom is -0.460 e. The van der Waals surface area contributed by atoms with Crippen LogP contribution in [0.25, 0.3) is 0 Å². The van der Waals surface area contributed by atoms with E-state index in [2.05, 4.69) is 23.1 Å². The van der Waals surface area contributed by atoms with Gasteiger partial charge in [0.15, 0.2) is 5.78 Å². The average molecular weight is 756 g/mol. The average Bonchev–Trinajstić information content (AvgIpc) is 3.96. The van der Waals surface area contributed by atoms with Crippen molar-refractivity contribution in [2.45, 2.75) is 115 Å². The SMILES string of the molecule is C=C[C@@H]1C[C@]1(CC(=O)[C@@H]1C[C@@H](OC(=O)N2Cc3cccc(F)c3C2)CN1C(=O)[C@H](CCC(=O)C#CC)CC(=O)OC(C)(C)C)C(=O)NS(=O)(=O)C1CC1. The molecule has 0 spiro atoms. The minimum absolute atomic E-state index is 0.0322. The van der Waals surface area contributed by atoms with Gasteiger partial charge in [-0.05, 0) is 76.8 Å². The predicted octanol–water partition coefficient (Wildman–Crippen LogP) is 3.73. The van der Waals surface area contributed by atoms with Gasteiger partial charge in [-0.2, -0.15) is 0 Å². The number of nitrogens with one attached hydrogen (secondary N) is 1. The molecule has 2 aliphatic carbocycles. The Morgan fingerprint density at radius 3 is 2.47 bits per heavy atom. The molecule has 2 aliphatic heterocycles. The third-order valence-electron chi connectivity index (χ3n) is 10.1. The zero-order chi connectivity index (χ0) is 38.9. The first kappa shape index (κ1) is 39.6. The zero-order valence-corrected chi connectivity index (χ0v) is 31.3. The van der Waals surface area contributed by atoms with Gasteiger partial charge in [-0.3, -0.25) is 33.6 Å². The standard InChI is InChI=1S/C38H46FN3O10S/c1-6-9-26(43)13-12-23(16-33(45)52-37(3,4)5)34(46)42-21-27(51-36(48)41-20-24-10-8-11-30(39)29(24)22-41)17-31(42)32(44)19-38(18-25(38)7-2)35(47)40-53(49,50)28-14-15-28/h7-8,10-11,23,25,27-28,31H,2,12-22H2,1,3-5H3,(H,40,47)/t23-,25-,27-,31+,38-/m1/s1. The first-order valence-corrected chi connectivity index (χ1v) is 19.3. The van der Waals surface area contributed by atoms with E-state index in [1.165, 1.54) is 28.9 Å². The maximum Gasteiger partial charge on any atom is 0.410 e. The van der Waals surface area contributed by atoms with E-state index in [9.17, 15) is 41.6 Å². The number of carbonyl (C=O) groups is 6. The molecule has 1 saturated heterocycles. The molecule has 53 heavy (non-hydrogen) atoms. The van der Waals surface area contributed by atoms with Gasteiger partial charge in [0.2, 0.25) is 27.6 Å². The van der Waals surface area contributed by atoms with Crippen LogP contribution in [0.1, 0.15) is 90.2 Å². The van der Waals surface area contributed by atoms with Crippen LogP contribution in [0, 0.1) is 34.9 Å². The number of sulfonamides is 1. The van der Waals surface area contributed by atoms with Crippen molar-refractivity contribution in [2.75, 3.05) is 6.54 Å². The number of allylic oxidation sites excluding steroid dienone is 1. The second-order valence-electron chi connectivity index (χ2n) is 15.3. The number of amides is 3. The summed E-state index contributed by atoms with van der Waals surface area (Å²) in [4.78, 5) is 83.3. The molecule has 1 N–H and O–H groups in total. The molecule has 3 amide bonds. The number of Topliss-reactive ketones (excluding diaryl/α,β-unsaturated/α-hetero) is 2. The number of halogens is 1. The van der Waals surface area contributed by atoms with Crippen LogP contribution in [0.3, 0.4) is 0 Å². The third kappa shape index (κ3) is 9.33. The summed E-state index contributed by atoms with van der Waals surface area (Å²) in [5.74, 6) is -0.338. The molecule has 5 atom stereocenters. The number of benzene rings is 1. The molecule has 2 heterocycles. The summed E-state index contributed by atoms with van der Waals surface area (Å²) in [7, 11) is -3.92. The quantitative estimate of drug-likeness (QED) is 0.128. The topological polar surface area (TPSA) is 174 Å². The van der Waals surface area contributed by atoms with Gasteiger partial charge in [-0.15, -0.1) is 6.58 Å². The lowest BCUT2D eigenvalue weighted by Gasteiger charge is -2.29. The van der Waals surface area contributed by atoms with Gasteiger partial charge in [0, 0.05) is 37.3 Å². The molecule has 0 unspecified atom stereocenters. The lowest BCUT2D eigenvalue weighted by atomic mass is 9.90.